The Hall–Kier alpha value is -2.34. The van der Waals surface area contributed by atoms with Gasteiger partial charge in [0.05, 0.1) is 4.90 Å². The lowest BCUT2D eigenvalue weighted by atomic mass is 10.1. The minimum atomic E-state index is -3.23. The van der Waals surface area contributed by atoms with Crippen LogP contribution in [0.25, 0.3) is 0 Å². The summed E-state index contributed by atoms with van der Waals surface area (Å²) in [6.45, 7) is 2.80. The first-order valence-corrected chi connectivity index (χ1v) is 11.7. The second-order valence-corrected chi connectivity index (χ2v) is 9.36. The summed E-state index contributed by atoms with van der Waals surface area (Å²) < 4.78 is 29.1. The molecule has 1 amide bonds. The predicted molar refractivity (Wildman–Crippen MR) is 137 cm³/mol. The van der Waals surface area contributed by atoms with Crippen LogP contribution in [-0.4, -0.2) is 59.2 Å². The van der Waals surface area contributed by atoms with Crippen LogP contribution in [0.4, 0.5) is 0 Å². The maximum absolute atomic E-state index is 11.8. The molecule has 0 aliphatic heterocycles. The minimum Gasteiger partial charge on any atom is -0.484 e. The number of sulfone groups is 1. The molecule has 0 unspecified atom stereocenters. The zero-order valence-electron chi connectivity index (χ0n) is 19.0. The van der Waals surface area contributed by atoms with Crippen molar-refractivity contribution in [2.75, 3.05) is 34.0 Å². The summed E-state index contributed by atoms with van der Waals surface area (Å²) in [6, 6.07) is 12.8. The van der Waals surface area contributed by atoms with Crippen LogP contribution in [0.2, 0.25) is 0 Å². The second kappa shape index (κ2) is 12.6. The number of carbonyl (C=O) groups excluding carboxylic acids is 1. The molecule has 0 heterocycles. The second-order valence-electron chi connectivity index (χ2n) is 7.38. The van der Waals surface area contributed by atoms with Gasteiger partial charge in [0.1, 0.15) is 5.75 Å². The summed E-state index contributed by atoms with van der Waals surface area (Å²) in [7, 11) is 1.82. The van der Waals surface area contributed by atoms with Crippen molar-refractivity contribution < 1.29 is 17.9 Å². The number of halogens is 1. The molecule has 0 radical (unpaired) electrons. The Morgan fingerprint density at radius 3 is 2.22 bits per heavy atom. The molecule has 0 spiro atoms. The van der Waals surface area contributed by atoms with Gasteiger partial charge in [-0.05, 0) is 41.8 Å². The van der Waals surface area contributed by atoms with Crippen LogP contribution in [0.3, 0.4) is 0 Å². The highest BCUT2D eigenvalue weighted by Crippen LogP contribution is 2.16. The van der Waals surface area contributed by atoms with Gasteiger partial charge in [0.25, 0.3) is 5.91 Å². The van der Waals surface area contributed by atoms with Gasteiger partial charge in [-0.2, -0.15) is 0 Å². The standard InChI is InChI=1S/C22H30N4O4S.HI/c1-16-11-18(9-10-20(16)31(5,28)29)14-25-22(23-2)24-13-17-7-6-8-19(12-17)30-15-21(27)26(3)4;/h6-12H,13-15H2,1-5H3,(H2,23,24,25);1H. The van der Waals surface area contributed by atoms with Gasteiger partial charge in [-0.25, -0.2) is 8.42 Å². The van der Waals surface area contributed by atoms with Crippen molar-refractivity contribution in [3.8, 4) is 5.75 Å². The molecule has 2 aromatic carbocycles. The predicted octanol–water partition coefficient (Wildman–Crippen LogP) is 2.35. The van der Waals surface area contributed by atoms with E-state index in [2.05, 4.69) is 15.6 Å². The Morgan fingerprint density at radius 2 is 1.69 bits per heavy atom. The number of guanidine groups is 1. The summed E-state index contributed by atoms with van der Waals surface area (Å²) in [5.41, 5.74) is 2.65. The highest BCUT2D eigenvalue weighted by Gasteiger charge is 2.11. The topological polar surface area (TPSA) is 100 Å². The largest absolute Gasteiger partial charge is 0.484 e. The molecule has 2 N–H and O–H groups in total. The molecule has 2 rings (SSSR count). The third-order valence-corrected chi connectivity index (χ3v) is 5.80. The average molecular weight is 574 g/mol. The van der Waals surface area contributed by atoms with Gasteiger partial charge in [0.15, 0.2) is 22.4 Å². The van der Waals surface area contributed by atoms with E-state index in [0.717, 1.165) is 11.1 Å². The molecule has 0 bridgehead atoms. The summed E-state index contributed by atoms with van der Waals surface area (Å²) in [5, 5.41) is 6.45. The van der Waals surface area contributed by atoms with Crippen molar-refractivity contribution in [2.45, 2.75) is 24.9 Å². The molecular weight excluding hydrogens is 543 g/mol. The Bertz CT molecular complexity index is 1060. The molecule has 0 saturated heterocycles. The van der Waals surface area contributed by atoms with E-state index < -0.39 is 9.84 Å². The Labute approximate surface area is 207 Å². The Balaban J connectivity index is 0.00000512. The van der Waals surface area contributed by atoms with Crippen LogP contribution in [0.5, 0.6) is 5.75 Å². The van der Waals surface area contributed by atoms with E-state index in [1.54, 1.807) is 40.2 Å². The van der Waals surface area contributed by atoms with Gasteiger partial charge in [-0.1, -0.05) is 24.3 Å². The Kier molecular flexibility index (Phi) is 10.9. The lowest BCUT2D eigenvalue weighted by Gasteiger charge is -2.14. The number of likely N-dealkylation sites (N-methyl/N-ethyl adjacent to an activating group) is 1. The van der Waals surface area contributed by atoms with E-state index in [4.69, 9.17) is 4.74 Å². The van der Waals surface area contributed by atoms with Gasteiger partial charge in [0, 0.05) is 40.5 Å². The third-order valence-electron chi connectivity index (χ3n) is 4.54. The van der Waals surface area contributed by atoms with Gasteiger partial charge >= 0.3 is 0 Å². The number of amides is 1. The first-order chi connectivity index (χ1) is 14.6. The van der Waals surface area contributed by atoms with E-state index >= 15 is 0 Å². The van der Waals surface area contributed by atoms with Crippen LogP contribution in [-0.2, 0) is 27.7 Å². The molecular formula is C22H31IN4O4S. The fraction of sp³-hybridized carbons (Fsp3) is 0.364. The van der Waals surface area contributed by atoms with E-state index in [-0.39, 0.29) is 36.5 Å². The maximum atomic E-state index is 11.8. The van der Waals surface area contributed by atoms with Crippen LogP contribution in [0.15, 0.2) is 52.4 Å². The SMILES string of the molecule is CN=C(NCc1cccc(OCC(=O)N(C)C)c1)NCc1ccc(S(C)(=O)=O)c(C)c1.I. The maximum Gasteiger partial charge on any atom is 0.259 e. The van der Waals surface area contributed by atoms with E-state index in [1.807, 2.05) is 30.3 Å². The average Bonchev–Trinajstić information content (AvgIpc) is 2.71. The van der Waals surface area contributed by atoms with Crippen molar-refractivity contribution in [3.63, 3.8) is 0 Å². The number of nitrogens with one attached hydrogen (secondary N) is 2. The highest BCUT2D eigenvalue weighted by atomic mass is 127. The Morgan fingerprint density at radius 1 is 1.06 bits per heavy atom. The quantitative estimate of drug-likeness (QED) is 0.286. The lowest BCUT2D eigenvalue weighted by Crippen LogP contribution is -2.36. The van der Waals surface area contributed by atoms with Gasteiger partial charge in [0.2, 0.25) is 0 Å². The number of nitrogens with zero attached hydrogens (tertiary/aromatic N) is 2. The van der Waals surface area contributed by atoms with Crippen molar-refractivity contribution >= 4 is 45.7 Å². The van der Waals surface area contributed by atoms with Crippen LogP contribution >= 0.6 is 24.0 Å². The van der Waals surface area contributed by atoms with E-state index in [9.17, 15) is 13.2 Å². The smallest absolute Gasteiger partial charge is 0.259 e. The summed E-state index contributed by atoms with van der Waals surface area (Å²) >= 11 is 0. The van der Waals surface area contributed by atoms with Crippen LogP contribution < -0.4 is 15.4 Å². The molecule has 0 aromatic heterocycles. The monoisotopic (exact) mass is 574 g/mol. The van der Waals surface area contributed by atoms with Crippen molar-refractivity contribution in [1.82, 2.24) is 15.5 Å². The molecule has 0 atom stereocenters. The molecule has 0 aliphatic carbocycles. The van der Waals surface area contributed by atoms with Gasteiger partial charge < -0.3 is 20.3 Å². The van der Waals surface area contributed by atoms with Crippen LogP contribution in [0, 0.1) is 6.92 Å². The zero-order valence-corrected chi connectivity index (χ0v) is 22.2. The molecule has 176 valence electrons. The summed E-state index contributed by atoms with van der Waals surface area (Å²) in [6.07, 6.45) is 1.21. The molecule has 0 saturated carbocycles. The van der Waals surface area contributed by atoms with Gasteiger partial charge in [-0.3, -0.25) is 9.79 Å². The number of benzene rings is 2. The summed E-state index contributed by atoms with van der Waals surface area (Å²) in [4.78, 5) is 17.7. The number of hydrogen-bond donors (Lipinski definition) is 2. The number of aryl methyl sites for hydroxylation is 1. The number of ether oxygens (including phenoxy) is 1. The minimum absolute atomic E-state index is 0. The fourth-order valence-electron chi connectivity index (χ4n) is 2.85. The van der Waals surface area contributed by atoms with E-state index in [0.29, 0.717) is 35.3 Å². The number of carbonyl (C=O) groups is 1. The molecule has 32 heavy (non-hydrogen) atoms. The molecule has 0 aliphatic rings. The number of rotatable bonds is 8. The first-order valence-electron chi connectivity index (χ1n) is 9.76. The molecule has 0 fully saturated rings. The first kappa shape index (κ1) is 27.7. The van der Waals surface area contributed by atoms with Crippen LogP contribution in [0.1, 0.15) is 16.7 Å². The highest BCUT2D eigenvalue weighted by molar-refractivity contribution is 14.0. The fourth-order valence-corrected chi connectivity index (χ4v) is 3.81. The third kappa shape index (κ3) is 8.65. The summed E-state index contributed by atoms with van der Waals surface area (Å²) in [5.74, 6) is 1.13. The molecule has 10 heteroatoms. The lowest BCUT2D eigenvalue weighted by molar-refractivity contribution is -0.130. The van der Waals surface area contributed by atoms with Crippen molar-refractivity contribution in [2.24, 2.45) is 4.99 Å². The van der Waals surface area contributed by atoms with E-state index in [1.165, 1.54) is 11.2 Å². The zero-order chi connectivity index (χ0) is 23.0. The van der Waals surface area contributed by atoms with Gasteiger partial charge in [-0.15, -0.1) is 24.0 Å². The number of hydrogen-bond acceptors (Lipinski definition) is 5. The normalized spacial score (nSPS) is 11.3. The van der Waals surface area contributed by atoms with Crippen molar-refractivity contribution in [1.29, 1.82) is 0 Å². The number of aliphatic imine (C=N–C) groups is 1. The molecule has 2 aromatic rings. The van der Waals surface area contributed by atoms with Crippen molar-refractivity contribution in [3.05, 3.63) is 59.2 Å². The molecule has 8 nitrogen and oxygen atoms in total.